The van der Waals surface area contributed by atoms with Gasteiger partial charge < -0.3 is 20.2 Å². The number of halogens is 2. The number of rotatable bonds is 4. The Bertz CT molecular complexity index is 1280. The molecule has 0 bridgehead atoms. The molecule has 182 valence electrons. The minimum absolute atomic E-state index is 0.0607. The van der Waals surface area contributed by atoms with Gasteiger partial charge in [-0.2, -0.15) is 0 Å². The fourth-order valence-electron chi connectivity index (χ4n) is 5.28. The lowest BCUT2D eigenvalue weighted by atomic mass is 9.92. The molecule has 5 rings (SSSR count). The van der Waals surface area contributed by atoms with Crippen molar-refractivity contribution in [2.75, 3.05) is 37.6 Å². The number of para-hydroxylation sites is 1. The molecule has 2 heterocycles. The summed E-state index contributed by atoms with van der Waals surface area (Å²) in [4.78, 5) is 4.49. The summed E-state index contributed by atoms with van der Waals surface area (Å²) in [5, 5.41) is 13.8. The second-order valence-electron chi connectivity index (χ2n) is 9.59. The average Bonchev–Trinajstić information content (AvgIpc) is 2.84. The predicted molar refractivity (Wildman–Crippen MR) is 138 cm³/mol. The van der Waals surface area contributed by atoms with E-state index in [-0.39, 0.29) is 16.9 Å². The monoisotopic (exact) mass is 475 g/mol. The van der Waals surface area contributed by atoms with Crippen LogP contribution in [0.15, 0.2) is 54.6 Å². The molecular formula is C29H31F2N3O. The Morgan fingerprint density at radius 1 is 0.943 bits per heavy atom. The highest BCUT2D eigenvalue weighted by Crippen LogP contribution is 2.45. The molecule has 0 spiro atoms. The van der Waals surface area contributed by atoms with Gasteiger partial charge in [-0.15, -0.1) is 0 Å². The number of phenols is 1. The Hall–Kier alpha value is -3.38. The minimum Gasteiger partial charge on any atom is -0.507 e. The first-order chi connectivity index (χ1) is 16.9. The Morgan fingerprint density at radius 2 is 1.69 bits per heavy atom. The first-order valence-electron chi connectivity index (χ1n) is 12.2. The molecule has 0 saturated carbocycles. The van der Waals surface area contributed by atoms with Crippen LogP contribution in [-0.4, -0.2) is 42.7 Å². The minimum atomic E-state index is -0.650. The Kier molecular flexibility index (Phi) is 6.24. The van der Waals surface area contributed by atoms with E-state index < -0.39 is 11.6 Å². The van der Waals surface area contributed by atoms with Crippen molar-refractivity contribution in [2.24, 2.45) is 0 Å². The number of hydrogen-bond acceptors (Lipinski definition) is 4. The Labute approximate surface area is 205 Å². The molecule has 0 atom stereocenters. The number of fused-ring (bicyclic) bond motifs is 1. The lowest BCUT2D eigenvalue weighted by Gasteiger charge is -2.39. The predicted octanol–water partition coefficient (Wildman–Crippen LogP) is 6.17. The number of hydrogen-bond donors (Lipinski definition) is 2. The third-order valence-corrected chi connectivity index (χ3v) is 7.00. The molecule has 0 unspecified atom stereocenters. The van der Waals surface area contributed by atoms with Gasteiger partial charge in [0.05, 0.1) is 11.3 Å². The smallest absolute Gasteiger partial charge is 0.134 e. The molecule has 1 saturated heterocycles. The number of aryl methyl sites for hydroxylation is 1. The van der Waals surface area contributed by atoms with Gasteiger partial charge in [0, 0.05) is 55.2 Å². The van der Waals surface area contributed by atoms with Crippen LogP contribution in [0.2, 0.25) is 0 Å². The van der Waals surface area contributed by atoms with Gasteiger partial charge in [0.25, 0.3) is 0 Å². The van der Waals surface area contributed by atoms with Crippen LogP contribution >= 0.6 is 0 Å². The van der Waals surface area contributed by atoms with Gasteiger partial charge in [0.15, 0.2) is 0 Å². The van der Waals surface area contributed by atoms with Crippen LogP contribution < -0.4 is 10.2 Å². The van der Waals surface area contributed by atoms with E-state index in [1.807, 2.05) is 0 Å². The van der Waals surface area contributed by atoms with E-state index in [0.717, 1.165) is 54.4 Å². The second kappa shape index (κ2) is 9.34. The van der Waals surface area contributed by atoms with Crippen LogP contribution in [0.4, 0.5) is 20.2 Å². The number of anilines is 2. The van der Waals surface area contributed by atoms with E-state index >= 15 is 4.39 Å². The van der Waals surface area contributed by atoms with Gasteiger partial charge in [-0.05, 0) is 54.3 Å². The van der Waals surface area contributed by atoms with Crippen LogP contribution in [0.1, 0.15) is 36.5 Å². The summed E-state index contributed by atoms with van der Waals surface area (Å²) in [5.74, 6) is -1.19. The summed E-state index contributed by atoms with van der Waals surface area (Å²) in [6.07, 6.45) is 2.17. The molecule has 4 nitrogen and oxygen atoms in total. The summed E-state index contributed by atoms with van der Waals surface area (Å²) >= 11 is 0. The number of nitrogens with zero attached hydrogens (tertiary/aromatic N) is 2. The van der Waals surface area contributed by atoms with Crippen molar-refractivity contribution in [1.82, 2.24) is 10.2 Å². The number of nitrogens with one attached hydrogen (secondary N) is 1. The van der Waals surface area contributed by atoms with Crippen LogP contribution in [-0.2, 0) is 0 Å². The van der Waals surface area contributed by atoms with Crippen molar-refractivity contribution in [2.45, 2.75) is 26.7 Å². The lowest BCUT2D eigenvalue weighted by Crippen LogP contribution is -2.43. The third kappa shape index (κ3) is 4.16. The van der Waals surface area contributed by atoms with E-state index in [1.54, 1.807) is 6.07 Å². The zero-order chi connectivity index (χ0) is 24.7. The van der Waals surface area contributed by atoms with E-state index in [4.69, 9.17) is 0 Å². The molecule has 35 heavy (non-hydrogen) atoms. The zero-order valence-electron chi connectivity index (χ0n) is 20.4. The van der Waals surface area contributed by atoms with Gasteiger partial charge in [0.2, 0.25) is 0 Å². The average molecular weight is 476 g/mol. The maximum absolute atomic E-state index is 15.6. The fraction of sp³-hybridized carbons (Fsp3) is 0.310. The van der Waals surface area contributed by atoms with E-state index in [2.05, 4.69) is 60.2 Å². The first-order valence-corrected chi connectivity index (χ1v) is 12.2. The third-order valence-electron chi connectivity index (χ3n) is 7.00. The normalized spacial score (nSPS) is 15.9. The molecule has 0 aromatic heterocycles. The number of phenolic OH excluding ortho intramolecular Hbond substituents is 1. The quantitative estimate of drug-likeness (QED) is 0.474. The summed E-state index contributed by atoms with van der Waals surface area (Å²) in [6, 6.07) is 13.5. The van der Waals surface area contributed by atoms with Gasteiger partial charge in [-0.1, -0.05) is 38.1 Å². The topological polar surface area (TPSA) is 38.7 Å². The highest BCUT2D eigenvalue weighted by Gasteiger charge is 2.29. The summed E-state index contributed by atoms with van der Waals surface area (Å²) in [7, 11) is 0. The zero-order valence-corrected chi connectivity index (χ0v) is 20.4. The van der Waals surface area contributed by atoms with Gasteiger partial charge in [-0.25, -0.2) is 8.78 Å². The summed E-state index contributed by atoms with van der Waals surface area (Å²) in [6.45, 7) is 10.4. The van der Waals surface area contributed by atoms with Crippen molar-refractivity contribution in [1.29, 1.82) is 0 Å². The van der Waals surface area contributed by atoms with E-state index in [9.17, 15) is 9.50 Å². The maximum Gasteiger partial charge on any atom is 0.134 e. The lowest BCUT2D eigenvalue weighted by molar-refractivity contribution is 0.340. The molecule has 3 aromatic carbocycles. The SMILES string of the molecule is Cc1cccc(C(C)C)c1N1CC=C(N2CCNCC2)c2cc(F)c(-c3c(O)cccc3F)cc21. The summed E-state index contributed by atoms with van der Waals surface area (Å²) in [5.41, 5.74) is 5.97. The van der Waals surface area contributed by atoms with Crippen LogP contribution in [0.5, 0.6) is 5.75 Å². The number of aromatic hydroxyl groups is 1. The molecule has 2 N–H and O–H groups in total. The molecule has 0 amide bonds. The van der Waals surface area contributed by atoms with Crippen molar-refractivity contribution in [3.8, 4) is 16.9 Å². The van der Waals surface area contributed by atoms with Gasteiger partial charge >= 0.3 is 0 Å². The molecule has 1 fully saturated rings. The summed E-state index contributed by atoms with van der Waals surface area (Å²) < 4.78 is 30.4. The molecule has 0 aliphatic carbocycles. The molecule has 2 aliphatic heterocycles. The first kappa shape index (κ1) is 23.4. The Morgan fingerprint density at radius 3 is 2.40 bits per heavy atom. The van der Waals surface area contributed by atoms with Crippen molar-refractivity contribution in [3.05, 3.63) is 82.9 Å². The molecule has 0 radical (unpaired) electrons. The van der Waals surface area contributed by atoms with Crippen LogP contribution in [0.25, 0.3) is 16.8 Å². The second-order valence-corrected chi connectivity index (χ2v) is 9.59. The molecular weight excluding hydrogens is 444 g/mol. The van der Waals surface area contributed by atoms with E-state index in [1.165, 1.54) is 29.8 Å². The highest BCUT2D eigenvalue weighted by molar-refractivity contribution is 5.89. The number of benzene rings is 3. The van der Waals surface area contributed by atoms with Crippen molar-refractivity contribution < 1.29 is 13.9 Å². The van der Waals surface area contributed by atoms with Crippen molar-refractivity contribution >= 4 is 17.1 Å². The molecule has 2 aliphatic rings. The number of piperazine rings is 1. The van der Waals surface area contributed by atoms with Gasteiger partial charge in [0.1, 0.15) is 17.4 Å². The Balaban J connectivity index is 1.74. The largest absolute Gasteiger partial charge is 0.507 e. The fourth-order valence-corrected chi connectivity index (χ4v) is 5.28. The standard InChI is InChI=1S/C29H31F2N3O/c1-18(2)20-7-4-6-19(3)29(20)34-13-10-25(33-14-11-32-12-15-33)22-16-24(31)21(17-26(22)34)28-23(30)8-5-9-27(28)35/h4-10,16-18,32,35H,11-15H2,1-3H3. The van der Waals surface area contributed by atoms with Gasteiger partial charge in [-0.3, -0.25) is 0 Å². The van der Waals surface area contributed by atoms with Crippen LogP contribution in [0, 0.1) is 18.6 Å². The van der Waals surface area contributed by atoms with Crippen LogP contribution in [0.3, 0.4) is 0 Å². The highest BCUT2D eigenvalue weighted by atomic mass is 19.1. The molecule has 6 heteroatoms. The van der Waals surface area contributed by atoms with E-state index in [0.29, 0.717) is 12.5 Å². The molecule has 3 aromatic rings. The maximum atomic E-state index is 15.6. The van der Waals surface area contributed by atoms with Crippen molar-refractivity contribution in [3.63, 3.8) is 0 Å².